The lowest BCUT2D eigenvalue weighted by molar-refractivity contribution is 0.564. The number of nitrogens with one attached hydrogen (secondary N) is 1. The molecule has 1 rings (SSSR count). The van der Waals surface area contributed by atoms with E-state index in [1.165, 1.54) is 6.07 Å². The second kappa shape index (κ2) is 4.36. The fourth-order valence-corrected chi connectivity index (χ4v) is 1.58. The lowest BCUT2D eigenvalue weighted by Crippen LogP contribution is -2.06. The minimum absolute atomic E-state index is 0.338. The average Bonchev–Trinajstić information content (AvgIpc) is 2.03. The van der Waals surface area contributed by atoms with Crippen molar-refractivity contribution in [1.29, 1.82) is 0 Å². The fraction of sp³-hybridized carbons (Fsp3) is 0.250. The van der Waals surface area contributed by atoms with Crippen LogP contribution in [0.5, 0.6) is 0 Å². The van der Waals surface area contributed by atoms with Crippen LogP contribution < -0.4 is 11.1 Å². The molecule has 0 aliphatic carbocycles. The van der Waals surface area contributed by atoms with E-state index in [4.69, 9.17) is 10.3 Å². The van der Waals surface area contributed by atoms with Gasteiger partial charge in [0.2, 0.25) is 0 Å². The standard InChI is InChI=1S/C8H12N2O2S/c1-10-5-6-2-7(9)4-8(3-6)13(11)12/h2-4,10H,5,9H2,1H3,(H,11,12). The third-order valence-corrected chi connectivity index (χ3v) is 2.21. The summed E-state index contributed by atoms with van der Waals surface area (Å²) < 4.78 is 19.6. The Hall–Kier alpha value is -0.910. The number of hydrogen-bond acceptors (Lipinski definition) is 3. The maximum absolute atomic E-state index is 10.7. The topological polar surface area (TPSA) is 75.3 Å². The molecule has 1 aromatic rings. The van der Waals surface area contributed by atoms with Crippen LogP contribution in [0.25, 0.3) is 0 Å². The largest absolute Gasteiger partial charge is 0.399 e. The molecule has 0 heterocycles. The highest BCUT2D eigenvalue weighted by molar-refractivity contribution is 7.79. The van der Waals surface area contributed by atoms with Crippen LogP contribution in [-0.2, 0) is 17.6 Å². The third kappa shape index (κ3) is 2.80. The molecule has 0 saturated carbocycles. The summed E-state index contributed by atoms with van der Waals surface area (Å²) >= 11 is -1.96. The van der Waals surface area contributed by atoms with Crippen LogP contribution in [-0.4, -0.2) is 15.8 Å². The summed E-state index contributed by atoms with van der Waals surface area (Å²) in [5.41, 5.74) is 6.96. The molecule has 72 valence electrons. The van der Waals surface area contributed by atoms with Crippen molar-refractivity contribution in [3.63, 3.8) is 0 Å². The highest BCUT2D eigenvalue weighted by Gasteiger charge is 2.02. The Labute approximate surface area is 79.4 Å². The van der Waals surface area contributed by atoms with Crippen LogP contribution >= 0.6 is 0 Å². The van der Waals surface area contributed by atoms with Gasteiger partial charge in [0.1, 0.15) is 0 Å². The molecule has 0 bridgehead atoms. The monoisotopic (exact) mass is 200 g/mol. The number of anilines is 1. The van der Waals surface area contributed by atoms with Gasteiger partial charge >= 0.3 is 0 Å². The van der Waals surface area contributed by atoms with Gasteiger partial charge in [-0.25, -0.2) is 4.21 Å². The lowest BCUT2D eigenvalue weighted by atomic mass is 10.2. The molecule has 4 N–H and O–H groups in total. The van der Waals surface area contributed by atoms with E-state index < -0.39 is 11.1 Å². The molecule has 0 aliphatic rings. The van der Waals surface area contributed by atoms with E-state index in [1.807, 2.05) is 0 Å². The molecule has 4 nitrogen and oxygen atoms in total. The molecule has 0 spiro atoms. The molecule has 0 fully saturated rings. The number of nitrogen functional groups attached to an aromatic ring is 1. The minimum Gasteiger partial charge on any atom is -0.399 e. The average molecular weight is 200 g/mol. The highest BCUT2D eigenvalue weighted by atomic mass is 32.2. The van der Waals surface area contributed by atoms with E-state index in [2.05, 4.69) is 5.32 Å². The molecule has 0 radical (unpaired) electrons. The summed E-state index contributed by atoms with van der Waals surface area (Å²) in [5, 5.41) is 2.94. The van der Waals surface area contributed by atoms with Gasteiger partial charge in [-0.3, -0.25) is 0 Å². The Balaban J connectivity index is 3.03. The molecule has 0 amide bonds. The first-order chi connectivity index (χ1) is 6.13. The van der Waals surface area contributed by atoms with E-state index in [0.717, 1.165) is 5.56 Å². The third-order valence-electron chi connectivity index (χ3n) is 1.57. The van der Waals surface area contributed by atoms with Crippen LogP contribution in [0.2, 0.25) is 0 Å². The first kappa shape index (κ1) is 10.2. The molecule has 13 heavy (non-hydrogen) atoms. The zero-order valence-corrected chi connectivity index (χ0v) is 8.10. The van der Waals surface area contributed by atoms with Crippen molar-refractivity contribution in [2.45, 2.75) is 11.4 Å². The van der Waals surface area contributed by atoms with Gasteiger partial charge in [-0.2, -0.15) is 0 Å². The maximum atomic E-state index is 10.7. The molecule has 0 aromatic heterocycles. The predicted octanol–water partition coefficient (Wildman–Crippen LogP) is 0.569. The summed E-state index contributed by atoms with van der Waals surface area (Å²) in [6, 6.07) is 4.92. The van der Waals surface area contributed by atoms with Gasteiger partial charge < -0.3 is 15.6 Å². The van der Waals surface area contributed by atoms with Crippen molar-refractivity contribution >= 4 is 16.8 Å². The number of rotatable bonds is 3. The van der Waals surface area contributed by atoms with Crippen molar-refractivity contribution in [2.75, 3.05) is 12.8 Å². The van der Waals surface area contributed by atoms with Crippen molar-refractivity contribution in [1.82, 2.24) is 5.32 Å². The van der Waals surface area contributed by atoms with Crippen molar-refractivity contribution in [2.24, 2.45) is 0 Å². The molecule has 0 saturated heterocycles. The zero-order chi connectivity index (χ0) is 9.84. The summed E-state index contributed by atoms with van der Waals surface area (Å²) in [6.07, 6.45) is 0. The van der Waals surface area contributed by atoms with Crippen molar-refractivity contribution < 1.29 is 8.76 Å². The Kier molecular flexibility index (Phi) is 3.41. The first-order valence-corrected chi connectivity index (χ1v) is 4.89. The second-order valence-corrected chi connectivity index (χ2v) is 3.66. The molecule has 1 unspecified atom stereocenters. The first-order valence-electron chi connectivity index (χ1n) is 3.78. The van der Waals surface area contributed by atoms with Gasteiger partial charge in [-0.15, -0.1) is 0 Å². The van der Waals surface area contributed by atoms with E-state index in [0.29, 0.717) is 17.1 Å². The molecular formula is C8H12N2O2S. The van der Waals surface area contributed by atoms with Gasteiger partial charge in [0, 0.05) is 12.2 Å². The summed E-state index contributed by atoms with van der Waals surface area (Å²) in [4.78, 5) is 0.338. The van der Waals surface area contributed by atoms with E-state index >= 15 is 0 Å². The molecule has 1 atom stereocenters. The SMILES string of the molecule is CNCc1cc(N)cc(S(=O)O)c1. The summed E-state index contributed by atoms with van der Waals surface area (Å²) in [7, 11) is 1.80. The highest BCUT2D eigenvalue weighted by Crippen LogP contribution is 2.14. The van der Waals surface area contributed by atoms with Gasteiger partial charge in [0.05, 0.1) is 4.90 Å². The van der Waals surface area contributed by atoms with Gasteiger partial charge in [-0.1, -0.05) is 0 Å². The predicted molar refractivity (Wildman–Crippen MR) is 52.7 cm³/mol. The van der Waals surface area contributed by atoms with Crippen LogP contribution in [0.4, 0.5) is 5.69 Å². The van der Waals surface area contributed by atoms with Crippen LogP contribution in [0.1, 0.15) is 5.56 Å². The van der Waals surface area contributed by atoms with E-state index in [-0.39, 0.29) is 0 Å². The smallest absolute Gasteiger partial charge is 0.186 e. The Morgan fingerprint density at radius 1 is 1.54 bits per heavy atom. The normalized spacial score (nSPS) is 12.8. The van der Waals surface area contributed by atoms with Crippen LogP contribution in [0.3, 0.4) is 0 Å². The molecule has 1 aromatic carbocycles. The number of nitrogens with two attached hydrogens (primary N) is 1. The van der Waals surface area contributed by atoms with Gasteiger partial charge in [0.15, 0.2) is 11.1 Å². The quantitative estimate of drug-likeness (QED) is 0.492. The fourth-order valence-electron chi connectivity index (χ4n) is 1.09. The molecule has 0 aliphatic heterocycles. The van der Waals surface area contributed by atoms with Crippen LogP contribution in [0, 0.1) is 0 Å². The molecule has 5 heteroatoms. The Bertz CT molecular complexity index is 328. The molecular weight excluding hydrogens is 188 g/mol. The van der Waals surface area contributed by atoms with Gasteiger partial charge in [0.25, 0.3) is 0 Å². The summed E-state index contributed by atoms with van der Waals surface area (Å²) in [6.45, 7) is 0.634. The van der Waals surface area contributed by atoms with Crippen molar-refractivity contribution in [3.8, 4) is 0 Å². The van der Waals surface area contributed by atoms with Gasteiger partial charge in [-0.05, 0) is 30.8 Å². The minimum atomic E-state index is -1.96. The van der Waals surface area contributed by atoms with E-state index in [9.17, 15) is 4.21 Å². The zero-order valence-electron chi connectivity index (χ0n) is 7.28. The lowest BCUT2D eigenvalue weighted by Gasteiger charge is -2.03. The van der Waals surface area contributed by atoms with Crippen LogP contribution in [0.15, 0.2) is 23.1 Å². The second-order valence-electron chi connectivity index (χ2n) is 2.69. The van der Waals surface area contributed by atoms with E-state index in [1.54, 1.807) is 19.2 Å². The number of hydrogen-bond donors (Lipinski definition) is 3. The Morgan fingerprint density at radius 3 is 2.77 bits per heavy atom. The maximum Gasteiger partial charge on any atom is 0.186 e. The Morgan fingerprint density at radius 2 is 2.23 bits per heavy atom. The summed E-state index contributed by atoms with van der Waals surface area (Å²) in [5.74, 6) is 0. The van der Waals surface area contributed by atoms with Crippen molar-refractivity contribution in [3.05, 3.63) is 23.8 Å². The number of benzene rings is 1.